The molecule has 4 nitrogen and oxygen atoms in total. The number of carbonyl (C=O) groups excluding carboxylic acids is 1. The molecule has 0 aromatic heterocycles. The first kappa shape index (κ1) is 14.7. The highest BCUT2D eigenvalue weighted by Crippen LogP contribution is 2.43. The molecule has 2 fully saturated rings. The lowest BCUT2D eigenvalue weighted by atomic mass is 9.98. The molecule has 2 N–H and O–H groups in total. The molecule has 1 heterocycles. The maximum atomic E-state index is 12.0. The number of benzene rings is 1. The Labute approximate surface area is 129 Å². The Bertz CT molecular complexity index is 540. The minimum atomic E-state index is -0.380. The quantitative estimate of drug-likeness (QED) is 0.685. The Morgan fingerprint density at radius 2 is 2.14 bits per heavy atom. The second-order valence-corrected chi connectivity index (χ2v) is 6.41. The number of halogens is 1. The predicted molar refractivity (Wildman–Crippen MR) is 81.5 cm³/mol. The van der Waals surface area contributed by atoms with E-state index in [0.29, 0.717) is 22.9 Å². The van der Waals surface area contributed by atoms with E-state index >= 15 is 0 Å². The van der Waals surface area contributed by atoms with E-state index in [1.54, 1.807) is 18.2 Å². The van der Waals surface area contributed by atoms with Crippen molar-refractivity contribution in [2.24, 2.45) is 0 Å². The lowest BCUT2D eigenvalue weighted by Gasteiger charge is -2.23. The van der Waals surface area contributed by atoms with Crippen molar-refractivity contribution in [1.29, 1.82) is 0 Å². The standard InChI is InChI=1S/C16H20ClNO3/c17-13-4-3-11(9-14(13)18)15(19)20-10-12-5-8-16(21-12)6-1-2-7-16/h3-4,9,12H,1-2,5-8,10,18H2. The first-order valence-electron chi connectivity index (χ1n) is 7.48. The van der Waals surface area contributed by atoms with Crippen LogP contribution in [0.3, 0.4) is 0 Å². The van der Waals surface area contributed by atoms with Crippen LogP contribution in [0.25, 0.3) is 0 Å². The Morgan fingerprint density at radius 3 is 2.86 bits per heavy atom. The average molecular weight is 310 g/mol. The molecule has 1 unspecified atom stereocenters. The molecule has 1 atom stereocenters. The predicted octanol–water partition coefficient (Wildman–Crippen LogP) is 3.57. The number of anilines is 1. The van der Waals surface area contributed by atoms with Gasteiger partial charge in [0.15, 0.2) is 0 Å². The number of hydrogen-bond donors (Lipinski definition) is 1. The highest BCUT2D eigenvalue weighted by molar-refractivity contribution is 6.33. The fourth-order valence-corrected chi connectivity index (χ4v) is 3.44. The van der Waals surface area contributed by atoms with Crippen LogP contribution in [0.4, 0.5) is 5.69 Å². The molecule has 2 aliphatic rings. The van der Waals surface area contributed by atoms with Crippen LogP contribution in [-0.4, -0.2) is 24.3 Å². The maximum Gasteiger partial charge on any atom is 0.338 e. The third kappa shape index (κ3) is 3.16. The first-order chi connectivity index (χ1) is 10.1. The summed E-state index contributed by atoms with van der Waals surface area (Å²) in [5.74, 6) is -0.380. The van der Waals surface area contributed by atoms with Crippen LogP contribution in [0.5, 0.6) is 0 Å². The molecule has 5 heteroatoms. The molecule has 1 saturated heterocycles. The van der Waals surface area contributed by atoms with Crippen molar-refractivity contribution in [2.75, 3.05) is 12.3 Å². The molecule has 0 bridgehead atoms. The Balaban J connectivity index is 1.53. The molecule has 114 valence electrons. The molecule has 0 radical (unpaired) electrons. The normalized spacial score (nSPS) is 23.6. The molecule has 0 amide bonds. The average Bonchev–Trinajstić information content (AvgIpc) is 3.10. The van der Waals surface area contributed by atoms with Gasteiger partial charge >= 0.3 is 5.97 Å². The van der Waals surface area contributed by atoms with Crippen molar-refractivity contribution in [1.82, 2.24) is 0 Å². The van der Waals surface area contributed by atoms with Crippen LogP contribution < -0.4 is 5.73 Å². The minimum Gasteiger partial charge on any atom is -0.459 e. The van der Waals surface area contributed by atoms with Crippen molar-refractivity contribution >= 4 is 23.3 Å². The topological polar surface area (TPSA) is 61.6 Å². The number of nitrogens with two attached hydrogens (primary N) is 1. The zero-order valence-electron chi connectivity index (χ0n) is 11.9. The Kier molecular flexibility index (Phi) is 4.09. The fourth-order valence-electron chi connectivity index (χ4n) is 3.32. The van der Waals surface area contributed by atoms with Gasteiger partial charge in [0.25, 0.3) is 0 Å². The van der Waals surface area contributed by atoms with Gasteiger partial charge in [-0.1, -0.05) is 24.4 Å². The van der Waals surface area contributed by atoms with E-state index in [0.717, 1.165) is 25.7 Å². The van der Waals surface area contributed by atoms with Crippen LogP contribution in [0.2, 0.25) is 5.02 Å². The molecule has 21 heavy (non-hydrogen) atoms. The fraction of sp³-hybridized carbons (Fsp3) is 0.562. The zero-order valence-corrected chi connectivity index (χ0v) is 12.7. The van der Waals surface area contributed by atoms with Crippen LogP contribution in [0.1, 0.15) is 48.9 Å². The Hall–Kier alpha value is -1.26. The van der Waals surface area contributed by atoms with Gasteiger partial charge in [-0.3, -0.25) is 0 Å². The summed E-state index contributed by atoms with van der Waals surface area (Å²) in [6.07, 6.45) is 6.86. The van der Waals surface area contributed by atoms with Gasteiger partial charge in [0.2, 0.25) is 0 Å². The van der Waals surface area contributed by atoms with Gasteiger partial charge in [0.1, 0.15) is 6.61 Å². The molecule has 1 aromatic rings. The summed E-state index contributed by atoms with van der Waals surface area (Å²) in [6.45, 7) is 0.309. The van der Waals surface area contributed by atoms with Gasteiger partial charge in [0.05, 0.1) is 28.0 Å². The second kappa shape index (κ2) is 5.85. The third-order valence-electron chi connectivity index (χ3n) is 4.49. The van der Waals surface area contributed by atoms with Gasteiger partial charge in [-0.05, 0) is 43.9 Å². The SMILES string of the molecule is Nc1cc(C(=O)OCC2CCC3(CCCC3)O2)ccc1Cl. The third-order valence-corrected chi connectivity index (χ3v) is 4.83. The maximum absolute atomic E-state index is 12.0. The summed E-state index contributed by atoms with van der Waals surface area (Å²) in [6, 6.07) is 4.76. The van der Waals surface area contributed by atoms with Crippen molar-refractivity contribution in [3.63, 3.8) is 0 Å². The van der Waals surface area contributed by atoms with E-state index in [-0.39, 0.29) is 17.7 Å². The van der Waals surface area contributed by atoms with Crippen molar-refractivity contribution in [3.8, 4) is 0 Å². The molecule has 1 spiro atoms. The number of nitrogen functional groups attached to an aromatic ring is 1. The van der Waals surface area contributed by atoms with Crippen LogP contribution in [0.15, 0.2) is 18.2 Å². The van der Waals surface area contributed by atoms with E-state index in [4.69, 9.17) is 26.8 Å². The monoisotopic (exact) mass is 309 g/mol. The van der Waals surface area contributed by atoms with Crippen molar-refractivity contribution < 1.29 is 14.3 Å². The summed E-state index contributed by atoms with van der Waals surface area (Å²) in [4.78, 5) is 12.0. The molecular weight excluding hydrogens is 290 g/mol. The van der Waals surface area contributed by atoms with Gasteiger partial charge in [-0.25, -0.2) is 4.79 Å². The highest BCUT2D eigenvalue weighted by atomic mass is 35.5. The highest BCUT2D eigenvalue weighted by Gasteiger charge is 2.42. The number of ether oxygens (including phenoxy) is 2. The van der Waals surface area contributed by atoms with Crippen molar-refractivity contribution in [3.05, 3.63) is 28.8 Å². The lowest BCUT2D eigenvalue weighted by molar-refractivity contribution is -0.0598. The van der Waals surface area contributed by atoms with E-state index in [1.807, 2.05) is 0 Å². The summed E-state index contributed by atoms with van der Waals surface area (Å²) in [5, 5.41) is 0.439. The summed E-state index contributed by atoms with van der Waals surface area (Å²) in [5.41, 5.74) is 6.57. The number of rotatable bonds is 3. The van der Waals surface area contributed by atoms with Crippen LogP contribution in [-0.2, 0) is 9.47 Å². The van der Waals surface area contributed by atoms with Gasteiger partial charge in [0, 0.05) is 0 Å². The van der Waals surface area contributed by atoms with Gasteiger partial charge in [-0.2, -0.15) is 0 Å². The number of carbonyl (C=O) groups is 1. The molecule has 1 aliphatic heterocycles. The van der Waals surface area contributed by atoms with Crippen LogP contribution in [0, 0.1) is 0 Å². The summed E-state index contributed by atoms with van der Waals surface area (Å²) >= 11 is 5.84. The number of hydrogen-bond acceptors (Lipinski definition) is 4. The minimum absolute atomic E-state index is 0.0247. The van der Waals surface area contributed by atoms with E-state index in [2.05, 4.69) is 0 Å². The second-order valence-electron chi connectivity index (χ2n) is 6.00. The summed E-state index contributed by atoms with van der Waals surface area (Å²) in [7, 11) is 0. The molecule has 1 aromatic carbocycles. The lowest BCUT2D eigenvalue weighted by Crippen LogP contribution is -2.27. The number of esters is 1. The summed E-state index contributed by atoms with van der Waals surface area (Å²) < 4.78 is 11.5. The van der Waals surface area contributed by atoms with Crippen LogP contribution >= 0.6 is 11.6 Å². The van der Waals surface area contributed by atoms with Gasteiger partial charge in [-0.15, -0.1) is 0 Å². The molecule has 3 rings (SSSR count). The van der Waals surface area contributed by atoms with E-state index in [1.165, 1.54) is 12.8 Å². The smallest absolute Gasteiger partial charge is 0.338 e. The molecular formula is C16H20ClNO3. The van der Waals surface area contributed by atoms with Gasteiger partial charge < -0.3 is 15.2 Å². The Morgan fingerprint density at radius 1 is 1.38 bits per heavy atom. The first-order valence-corrected chi connectivity index (χ1v) is 7.86. The zero-order chi connectivity index (χ0) is 14.9. The van der Waals surface area contributed by atoms with E-state index in [9.17, 15) is 4.79 Å². The van der Waals surface area contributed by atoms with Crippen molar-refractivity contribution in [2.45, 2.75) is 50.2 Å². The molecule has 1 saturated carbocycles. The van der Waals surface area contributed by atoms with E-state index < -0.39 is 0 Å². The molecule has 1 aliphatic carbocycles. The largest absolute Gasteiger partial charge is 0.459 e.